The average molecular weight is 530 g/mol. The summed E-state index contributed by atoms with van der Waals surface area (Å²) < 4.78 is 6.02. The molecule has 1 amide bonds. The van der Waals surface area contributed by atoms with Crippen LogP contribution in [-0.2, 0) is 9.53 Å². The highest BCUT2D eigenvalue weighted by molar-refractivity contribution is 5.76. The van der Waals surface area contributed by atoms with Gasteiger partial charge in [-0.05, 0) is 123 Å². The predicted octanol–water partition coefficient (Wildman–Crippen LogP) is 7.92. The lowest BCUT2D eigenvalue weighted by Crippen LogP contribution is -2.67. The van der Waals surface area contributed by atoms with Crippen molar-refractivity contribution in [1.29, 1.82) is 0 Å². The Balaban J connectivity index is 1.47. The van der Waals surface area contributed by atoms with Crippen LogP contribution in [0.4, 0.5) is 4.79 Å². The molecular formula is C33H55NO4. The van der Waals surface area contributed by atoms with Gasteiger partial charge in [0.1, 0.15) is 6.10 Å². The monoisotopic (exact) mass is 529 g/mol. The molecule has 0 saturated heterocycles. The van der Waals surface area contributed by atoms with Crippen LogP contribution in [0.15, 0.2) is 0 Å². The van der Waals surface area contributed by atoms with E-state index in [4.69, 9.17) is 4.74 Å². The second kappa shape index (κ2) is 9.13. The first-order valence-electron chi connectivity index (χ1n) is 15.9. The molecule has 5 nitrogen and oxygen atoms in total. The van der Waals surface area contributed by atoms with E-state index < -0.39 is 11.4 Å². The van der Waals surface area contributed by atoms with Gasteiger partial charge in [-0.2, -0.15) is 0 Å². The van der Waals surface area contributed by atoms with Crippen molar-refractivity contribution in [3.63, 3.8) is 0 Å². The van der Waals surface area contributed by atoms with Crippen LogP contribution >= 0.6 is 0 Å². The third kappa shape index (κ3) is 3.60. The number of carbonyl (C=O) groups excluding carboxylic acids is 1. The van der Waals surface area contributed by atoms with Crippen molar-refractivity contribution < 1.29 is 19.4 Å². The van der Waals surface area contributed by atoms with Gasteiger partial charge in [-0.3, -0.25) is 4.79 Å². The number of ether oxygens (including phenoxy) is 1. The lowest BCUT2D eigenvalue weighted by atomic mass is 9.32. The first kappa shape index (κ1) is 28.3. The number of amides is 1. The Morgan fingerprint density at radius 2 is 1.58 bits per heavy atom. The fourth-order valence-electron chi connectivity index (χ4n) is 12.3. The summed E-state index contributed by atoms with van der Waals surface area (Å²) in [7, 11) is 0. The van der Waals surface area contributed by atoms with E-state index in [2.05, 4.69) is 53.8 Å². The Labute approximate surface area is 231 Å². The van der Waals surface area contributed by atoms with Gasteiger partial charge in [0.2, 0.25) is 0 Å². The molecule has 4 unspecified atom stereocenters. The first-order chi connectivity index (χ1) is 17.7. The number of hydrogen-bond acceptors (Lipinski definition) is 3. The summed E-state index contributed by atoms with van der Waals surface area (Å²) in [6, 6.07) is 0. The molecule has 5 heteroatoms. The molecule has 0 radical (unpaired) electrons. The van der Waals surface area contributed by atoms with Crippen LogP contribution in [-0.4, -0.2) is 29.8 Å². The highest BCUT2D eigenvalue weighted by Crippen LogP contribution is 2.77. The largest absolute Gasteiger partial charge is 0.481 e. The van der Waals surface area contributed by atoms with E-state index >= 15 is 0 Å². The molecule has 0 aliphatic heterocycles. The number of nitrogens with one attached hydrogen (secondary N) is 1. The van der Waals surface area contributed by atoms with Gasteiger partial charge in [0.05, 0.1) is 5.41 Å². The zero-order valence-corrected chi connectivity index (χ0v) is 25.5. The Bertz CT molecular complexity index is 961. The summed E-state index contributed by atoms with van der Waals surface area (Å²) in [6.07, 6.45) is 10.4. The number of carbonyl (C=O) groups is 2. The summed E-state index contributed by atoms with van der Waals surface area (Å²) in [6.45, 7) is 19.7. The van der Waals surface area contributed by atoms with E-state index in [0.717, 1.165) is 38.5 Å². The topological polar surface area (TPSA) is 75.6 Å². The predicted molar refractivity (Wildman–Crippen MR) is 151 cm³/mol. The molecule has 38 heavy (non-hydrogen) atoms. The molecule has 5 fully saturated rings. The molecule has 0 spiro atoms. The lowest BCUT2D eigenvalue weighted by molar-refractivity contribution is -0.249. The van der Waals surface area contributed by atoms with Gasteiger partial charge in [0, 0.05) is 12.0 Å². The van der Waals surface area contributed by atoms with Crippen molar-refractivity contribution >= 4 is 12.1 Å². The van der Waals surface area contributed by atoms with Gasteiger partial charge in [-0.15, -0.1) is 0 Å². The van der Waals surface area contributed by atoms with Gasteiger partial charge in [0.25, 0.3) is 0 Å². The van der Waals surface area contributed by atoms with E-state index in [9.17, 15) is 14.7 Å². The summed E-state index contributed by atoms with van der Waals surface area (Å²) in [5.41, 5.74) is 0.0685. The van der Waals surface area contributed by atoms with Gasteiger partial charge in [-0.1, -0.05) is 48.5 Å². The molecule has 10 atom stereocenters. The minimum absolute atomic E-state index is 0.0421. The SMILES string of the molecule is CCNC(=O)O[C@@H]1CC[C@@]2(C)C(CC[C@]3(C)C2CCC2C4[C@H](C(C)C)CC[C@]4(C(=O)O)CC[C@]23C)C1(C)C. The number of hydrogen-bond donors (Lipinski definition) is 2. The number of aliphatic carboxylic acids is 1. The summed E-state index contributed by atoms with van der Waals surface area (Å²) in [4.78, 5) is 25.3. The van der Waals surface area contributed by atoms with Crippen molar-refractivity contribution in [3.05, 3.63) is 0 Å². The van der Waals surface area contributed by atoms with E-state index in [1.165, 1.54) is 25.7 Å². The minimum Gasteiger partial charge on any atom is -0.481 e. The van der Waals surface area contributed by atoms with Crippen molar-refractivity contribution in [2.45, 2.75) is 126 Å². The maximum Gasteiger partial charge on any atom is 0.407 e. The van der Waals surface area contributed by atoms with Crippen LogP contribution in [0.1, 0.15) is 120 Å². The molecule has 5 rings (SSSR count). The van der Waals surface area contributed by atoms with Gasteiger partial charge < -0.3 is 15.2 Å². The third-order valence-corrected chi connectivity index (χ3v) is 14.3. The summed E-state index contributed by atoms with van der Waals surface area (Å²) >= 11 is 0. The fraction of sp³-hybridized carbons (Fsp3) is 0.939. The van der Waals surface area contributed by atoms with Crippen molar-refractivity contribution in [1.82, 2.24) is 5.32 Å². The molecule has 0 aromatic rings. The molecule has 5 saturated carbocycles. The lowest BCUT2D eigenvalue weighted by Gasteiger charge is -2.72. The maximum absolute atomic E-state index is 12.9. The summed E-state index contributed by atoms with van der Waals surface area (Å²) in [5, 5.41) is 13.4. The number of alkyl carbamates (subject to hydrolysis) is 1. The van der Waals surface area contributed by atoms with E-state index in [1.807, 2.05) is 6.92 Å². The Morgan fingerprint density at radius 1 is 0.868 bits per heavy atom. The van der Waals surface area contributed by atoms with Gasteiger partial charge >= 0.3 is 12.1 Å². The quantitative estimate of drug-likeness (QED) is 0.388. The number of fused-ring (bicyclic) bond motifs is 7. The van der Waals surface area contributed by atoms with Crippen LogP contribution in [0.2, 0.25) is 0 Å². The van der Waals surface area contributed by atoms with Crippen molar-refractivity contribution in [2.24, 2.45) is 62.6 Å². The Kier molecular flexibility index (Phi) is 6.79. The minimum atomic E-state index is -0.511. The average Bonchev–Trinajstić information content (AvgIpc) is 3.23. The maximum atomic E-state index is 12.9. The van der Waals surface area contributed by atoms with Crippen LogP contribution < -0.4 is 5.32 Å². The van der Waals surface area contributed by atoms with Crippen LogP contribution in [0, 0.1) is 62.6 Å². The highest BCUT2D eigenvalue weighted by Gasteiger charge is 2.72. The van der Waals surface area contributed by atoms with E-state index in [1.54, 1.807) is 0 Å². The van der Waals surface area contributed by atoms with Crippen molar-refractivity contribution in [3.8, 4) is 0 Å². The van der Waals surface area contributed by atoms with Gasteiger partial charge in [-0.25, -0.2) is 4.79 Å². The molecule has 0 heterocycles. The Morgan fingerprint density at radius 3 is 2.21 bits per heavy atom. The molecule has 2 N–H and O–H groups in total. The molecule has 0 aromatic carbocycles. The molecule has 0 bridgehead atoms. The normalized spacial score (nSPS) is 49.3. The number of rotatable bonds is 4. The smallest absolute Gasteiger partial charge is 0.407 e. The second-order valence-electron chi connectivity index (χ2n) is 15.9. The third-order valence-electron chi connectivity index (χ3n) is 14.3. The molecule has 5 aliphatic rings. The van der Waals surface area contributed by atoms with E-state index in [0.29, 0.717) is 42.1 Å². The van der Waals surface area contributed by atoms with Crippen LogP contribution in [0.5, 0.6) is 0 Å². The van der Waals surface area contributed by atoms with Gasteiger partial charge in [0.15, 0.2) is 0 Å². The zero-order chi connectivity index (χ0) is 27.9. The van der Waals surface area contributed by atoms with Crippen LogP contribution in [0.25, 0.3) is 0 Å². The number of carboxylic acids is 1. The standard InChI is InChI=1S/C33H55NO4/c1-9-34-28(37)38-25-14-15-30(6)23(29(25,4)5)13-16-32(8)24(30)11-10-22-26-21(20(2)3)12-17-33(26,27(35)36)19-18-31(22,32)7/h20-26H,9-19H2,1-8H3,(H,34,37)(H,35,36)/t21-,22?,23?,24?,25+,26?,30-,31+,32+,33-/m0/s1. The zero-order valence-electron chi connectivity index (χ0n) is 25.5. The Hall–Kier alpha value is -1.26. The molecular weight excluding hydrogens is 474 g/mol. The first-order valence-corrected chi connectivity index (χ1v) is 15.9. The number of carboxylic acid groups (broad SMARTS) is 1. The summed E-state index contributed by atoms with van der Waals surface area (Å²) in [5.74, 6) is 2.55. The fourth-order valence-corrected chi connectivity index (χ4v) is 12.3. The van der Waals surface area contributed by atoms with E-state index in [-0.39, 0.29) is 33.9 Å². The van der Waals surface area contributed by atoms with Crippen LogP contribution in [0.3, 0.4) is 0 Å². The molecule has 0 aromatic heterocycles. The molecule has 216 valence electrons. The van der Waals surface area contributed by atoms with Crippen molar-refractivity contribution in [2.75, 3.05) is 6.54 Å². The second-order valence-corrected chi connectivity index (χ2v) is 15.9. The highest BCUT2D eigenvalue weighted by atomic mass is 16.6. The molecule has 5 aliphatic carbocycles.